The largest absolute Gasteiger partial charge is 0.497 e. The van der Waals surface area contributed by atoms with Crippen LogP contribution in [0.2, 0.25) is 0 Å². The molecule has 2 aliphatic rings. The van der Waals surface area contributed by atoms with Gasteiger partial charge in [0.2, 0.25) is 6.29 Å². The van der Waals surface area contributed by atoms with Crippen molar-refractivity contribution in [3.05, 3.63) is 41.7 Å². The molecule has 1 saturated carbocycles. The monoisotopic (exact) mass is 389 g/mol. The molecule has 1 aromatic carbocycles. The molecule has 0 bridgehead atoms. The van der Waals surface area contributed by atoms with E-state index in [0.29, 0.717) is 31.2 Å². The second kappa shape index (κ2) is 9.94. The summed E-state index contributed by atoms with van der Waals surface area (Å²) in [5.41, 5.74) is 1.07. The van der Waals surface area contributed by atoms with E-state index in [1.165, 1.54) is 12.8 Å². The Bertz CT molecular complexity index is 668. The molecule has 6 heteroatoms. The fourth-order valence-electron chi connectivity index (χ4n) is 3.62. The molecule has 1 aliphatic heterocycles. The van der Waals surface area contributed by atoms with Gasteiger partial charge in [0.05, 0.1) is 7.11 Å². The van der Waals surface area contributed by atoms with Crippen LogP contribution in [0.4, 0.5) is 0 Å². The smallest absolute Gasteiger partial charge is 0.286 e. The lowest BCUT2D eigenvalue weighted by Gasteiger charge is -2.37. The van der Waals surface area contributed by atoms with Crippen LogP contribution in [0.3, 0.4) is 0 Å². The van der Waals surface area contributed by atoms with Crippen molar-refractivity contribution in [2.24, 2.45) is 11.8 Å². The minimum Gasteiger partial charge on any atom is -0.497 e. The van der Waals surface area contributed by atoms with E-state index < -0.39 is 6.29 Å². The predicted molar refractivity (Wildman–Crippen MR) is 106 cm³/mol. The van der Waals surface area contributed by atoms with Crippen LogP contribution in [0, 0.1) is 11.8 Å². The van der Waals surface area contributed by atoms with Crippen LogP contribution in [-0.4, -0.2) is 44.2 Å². The lowest BCUT2D eigenvalue weighted by molar-refractivity contribution is -0.166. The molecule has 0 aromatic heterocycles. The maximum Gasteiger partial charge on any atom is 0.286 e. The summed E-state index contributed by atoms with van der Waals surface area (Å²) in [5.74, 6) is 1.50. The average molecular weight is 389 g/mol. The topological polar surface area (TPSA) is 77.0 Å². The highest BCUT2D eigenvalue weighted by atomic mass is 16.7. The average Bonchev–Trinajstić information content (AvgIpc) is 3.55. The molecule has 2 N–H and O–H groups in total. The number of hydrogen-bond acceptors (Lipinski definition) is 5. The normalized spacial score (nSPS) is 24.2. The van der Waals surface area contributed by atoms with Crippen LogP contribution >= 0.6 is 0 Å². The van der Waals surface area contributed by atoms with Gasteiger partial charge in [-0.25, -0.2) is 0 Å². The zero-order valence-corrected chi connectivity index (χ0v) is 16.7. The van der Waals surface area contributed by atoms with Crippen molar-refractivity contribution in [3.8, 4) is 5.75 Å². The molecular weight excluding hydrogens is 358 g/mol. The Kier molecular flexibility index (Phi) is 7.34. The van der Waals surface area contributed by atoms with Crippen molar-refractivity contribution in [3.63, 3.8) is 0 Å². The summed E-state index contributed by atoms with van der Waals surface area (Å²) in [4.78, 5) is 12.7. The third-order valence-corrected chi connectivity index (χ3v) is 5.38. The van der Waals surface area contributed by atoms with Gasteiger partial charge < -0.3 is 24.6 Å². The van der Waals surface area contributed by atoms with Gasteiger partial charge in [-0.15, -0.1) is 0 Å². The Labute approximate surface area is 166 Å². The van der Waals surface area contributed by atoms with Crippen molar-refractivity contribution in [2.75, 3.05) is 26.9 Å². The first-order valence-corrected chi connectivity index (χ1v) is 10.2. The summed E-state index contributed by atoms with van der Waals surface area (Å²) in [7, 11) is 1.64. The van der Waals surface area contributed by atoms with Gasteiger partial charge in [0, 0.05) is 31.6 Å². The number of carbonyl (C=O) groups is 1. The first-order valence-electron chi connectivity index (χ1n) is 10.2. The van der Waals surface area contributed by atoms with E-state index in [4.69, 9.17) is 14.2 Å². The van der Waals surface area contributed by atoms with Gasteiger partial charge in [-0.1, -0.05) is 12.1 Å². The van der Waals surface area contributed by atoms with Crippen molar-refractivity contribution >= 4 is 5.91 Å². The highest BCUT2D eigenvalue weighted by Crippen LogP contribution is 2.40. The predicted octanol–water partition coefficient (Wildman–Crippen LogP) is 2.97. The molecule has 6 nitrogen and oxygen atoms in total. The molecule has 1 aliphatic carbocycles. The van der Waals surface area contributed by atoms with Gasteiger partial charge in [-0.2, -0.15) is 0 Å². The van der Waals surface area contributed by atoms with Crippen LogP contribution in [0.25, 0.3) is 0 Å². The zero-order chi connectivity index (χ0) is 19.9. The number of rotatable bonds is 10. The summed E-state index contributed by atoms with van der Waals surface area (Å²) >= 11 is 0. The number of benzene rings is 1. The standard InChI is InChI=1S/C22H31NO5/c1-3-27-22-18(5-4-12-24)19(16-8-10-17(26-2)11-9-16)13-20(28-22)21(25)23-14-15-6-7-15/h8-11,13,15,18-19,22,24H,3-7,12,14H2,1-2H3,(H,23,25)/t18-,19-,22-/m0/s1. The first kappa shape index (κ1) is 20.7. The molecule has 0 spiro atoms. The molecule has 1 amide bonds. The zero-order valence-electron chi connectivity index (χ0n) is 16.7. The third kappa shape index (κ3) is 5.26. The molecule has 1 heterocycles. The molecule has 1 fully saturated rings. The molecule has 0 saturated heterocycles. The Morgan fingerprint density at radius 2 is 2.04 bits per heavy atom. The van der Waals surface area contributed by atoms with E-state index >= 15 is 0 Å². The van der Waals surface area contributed by atoms with Crippen molar-refractivity contribution in [1.82, 2.24) is 5.32 Å². The highest BCUT2D eigenvalue weighted by molar-refractivity contribution is 5.91. The summed E-state index contributed by atoms with van der Waals surface area (Å²) in [5, 5.41) is 12.3. The SMILES string of the molecule is CCO[C@H]1OC(C(=O)NCC2CC2)=C[C@@H](c2ccc(OC)cc2)[C@@H]1CCCO. The number of allylic oxidation sites excluding steroid dienone is 1. The number of ether oxygens (including phenoxy) is 3. The maximum atomic E-state index is 12.7. The van der Waals surface area contributed by atoms with Crippen LogP contribution in [0.1, 0.15) is 44.1 Å². The summed E-state index contributed by atoms with van der Waals surface area (Å²) in [6.45, 7) is 3.22. The fourth-order valence-corrected chi connectivity index (χ4v) is 3.62. The highest BCUT2D eigenvalue weighted by Gasteiger charge is 2.38. The van der Waals surface area contributed by atoms with E-state index in [9.17, 15) is 9.90 Å². The van der Waals surface area contributed by atoms with Gasteiger partial charge in [-0.3, -0.25) is 4.79 Å². The number of aliphatic hydroxyl groups is 1. The van der Waals surface area contributed by atoms with E-state index in [-0.39, 0.29) is 24.3 Å². The lowest BCUT2D eigenvalue weighted by Crippen LogP contribution is -2.39. The van der Waals surface area contributed by atoms with Gasteiger partial charge in [0.15, 0.2) is 5.76 Å². The van der Waals surface area contributed by atoms with Gasteiger partial charge in [-0.05, 0) is 62.3 Å². The second-order valence-electron chi connectivity index (χ2n) is 7.45. The van der Waals surface area contributed by atoms with Gasteiger partial charge >= 0.3 is 0 Å². The number of amides is 1. The minimum absolute atomic E-state index is 0.0143. The summed E-state index contributed by atoms with van der Waals surface area (Å²) < 4.78 is 17.1. The van der Waals surface area contributed by atoms with E-state index in [0.717, 1.165) is 17.7 Å². The molecule has 0 unspecified atom stereocenters. The molecule has 0 radical (unpaired) electrons. The Morgan fingerprint density at radius 3 is 2.64 bits per heavy atom. The van der Waals surface area contributed by atoms with Crippen molar-refractivity contribution in [2.45, 2.75) is 44.8 Å². The number of aliphatic hydroxyl groups excluding tert-OH is 1. The Morgan fingerprint density at radius 1 is 1.29 bits per heavy atom. The summed E-state index contributed by atoms with van der Waals surface area (Å²) in [6, 6.07) is 7.87. The van der Waals surface area contributed by atoms with Gasteiger partial charge in [0.25, 0.3) is 5.91 Å². The van der Waals surface area contributed by atoms with E-state index in [1.807, 2.05) is 37.3 Å². The maximum absolute atomic E-state index is 12.7. The van der Waals surface area contributed by atoms with E-state index in [1.54, 1.807) is 7.11 Å². The van der Waals surface area contributed by atoms with E-state index in [2.05, 4.69) is 5.32 Å². The minimum atomic E-state index is -0.518. The Hall–Kier alpha value is -2.05. The lowest BCUT2D eigenvalue weighted by atomic mass is 9.80. The Balaban J connectivity index is 1.86. The third-order valence-electron chi connectivity index (χ3n) is 5.38. The molecule has 1 aromatic rings. The molecule has 154 valence electrons. The fraction of sp³-hybridized carbons (Fsp3) is 0.591. The second-order valence-corrected chi connectivity index (χ2v) is 7.45. The molecule has 28 heavy (non-hydrogen) atoms. The van der Waals surface area contributed by atoms with Crippen molar-refractivity contribution in [1.29, 1.82) is 0 Å². The van der Waals surface area contributed by atoms with Crippen LogP contribution < -0.4 is 10.1 Å². The van der Waals surface area contributed by atoms with Crippen molar-refractivity contribution < 1.29 is 24.1 Å². The quantitative estimate of drug-likeness (QED) is 0.643. The van der Waals surface area contributed by atoms with Crippen LogP contribution in [-0.2, 0) is 14.3 Å². The van der Waals surface area contributed by atoms with Crippen LogP contribution in [0.15, 0.2) is 36.1 Å². The number of methoxy groups -OCH3 is 1. The summed E-state index contributed by atoms with van der Waals surface area (Å²) in [6.07, 6.45) is 5.14. The van der Waals surface area contributed by atoms with Crippen LogP contribution in [0.5, 0.6) is 5.75 Å². The van der Waals surface area contributed by atoms with Gasteiger partial charge in [0.1, 0.15) is 5.75 Å². The first-order chi connectivity index (χ1) is 13.7. The number of carbonyl (C=O) groups excluding carboxylic acids is 1. The molecule has 3 atom stereocenters. The molecule has 3 rings (SSSR count). The molecular formula is C22H31NO5. The number of hydrogen-bond donors (Lipinski definition) is 2. The number of nitrogens with one attached hydrogen (secondary N) is 1.